The van der Waals surface area contributed by atoms with Gasteiger partial charge >= 0.3 is 12.5 Å². The number of nitrogens with zero attached hydrogens (tertiary/aromatic N) is 1. The summed E-state index contributed by atoms with van der Waals surface area (Å²) in [5.74, 6) is 0. The van der Waals surface area contributed by atoms with Crippen molar-refractivity contribution in [3.05, 3.63) is 0 Å². The van der Waals surface area contributed by atoms with Gasteiger partial charge in [0, 0.05) is 0 Å². The van der Waals surface area contributed by atoms with Crippen molar-refractivity contribution in [2.24, 2.45) is 0 Å². The molecule has 0 amide bonds. The van der Waals surface area contributed by atoms with E-state index in [2.05, 4.69) is 4.74 Å². The molecule has 0 rings (SSSR count). The van der Waals surface area contributed by atoms with Crippen LogP contribution in [0.3, 0.4) is 0 Å². The average Bonchev–Trinajstić information content (AvgIpc) is 2.14. The molecule has 0 aromatic rings. The van der Waals surface area contributed by atoms with Crippen LogP contribution in [0.15, 0.2) is 0 Å². The fourth-order valence-electron chi connectivity index (χ4n) is 1.10. The number of halogens is 6. The van der Waals surface area contributed by atoms with Gasteiger partial charge in [0.2, 0.25) is 0 Å². The van der Waals surface area contributed by atoms with Crippen LogP contribution in [0.4, 0.5) is 26.3 Å². The quantitative estimate of drug-likeness (QED) is 0.538. The largest absolute Gasteiger partial charge is 0.522 e. The summed E-state index contributed by atoms with van der Waals surface area (Å²) in [4.78, 5) is 1.26. The zero-order valence-electron chi connectivity index (χ0n) is 11.4. The molecule has 118 valence electrons. The predicted molar refractivity (Wildman–Crippen MR) is 60.8 cm³/mol. The van der Waals surface area contributed by atoms with Crippen LogP contribution < -0.4 is 0 Å². The third-order valence-corrected chi connectivity index (χ3v) is 1.82. The van der Waals surface area contributed by atoms with E-state index in [4.69, 9.17) is 0 Å². The molecular weight excluding hydrogens is 276 g/mol. The first-order valence-electron chi connectivity index (χ1n) is 5.97. The van der Waals surface area contributed by atoms with Crippen LogP contribution in [-0.4, -0.2) is 44.2 Å². The van der Waals surface area contributed by atoms with Gasteiger partial charge in [-0.3, -0.25) is 9.64 Å². The molecule has 0 atom stereocenters. The number of hydrogen-bond donors (Lipinski definition) is 0. The van der Waals surface area contributed by atoms with Crippen molar-refractivity contribution in [3.8, 4) is 0 Å². The van der Waals surface area contributed by atoms with Gasteiger partial charge in [0.1, 0.15) is 0 Å². The molecule has 0 aliphatic rings. The fraction of sp³-hybridized carbons (Fsp3) is 1.00. The molecular formula is C11H21F6NO. The van der Waals surface area contributed by atoms with Gasteiger partial charge < -0.3 is 0 Å². The number of hydrogen-bond acceptors (Lipinski definition) is 2. The normalized spacial score (nSPS) is 12.3. The first-order valence-corrected chi connectivity index (χ1v) is 5.97. The monoisotopic (exact) mass is 297 g/mol. The zero-order valence-corrected chi connectivity index (χ0v) is 11.4. The fourth-order valence-corrected chi connectivity index (χ4v) is 1.10. The number of ether oxygens (including phenoxy) is 1. The molecule has 2 nitrogen and oxygen atoms in total. The molecule has 0 aliphatic heterocycles. The number of unbranched alkanes of at least 4 members (excludes halogenated alkanes) is 1. The van der Waals surface area contributed by atoms with Gasteiger partial charge in [0.25, 0.3) is 0 Å². The molecule has 0 fully saturated rings. The molecule has 0 N–H and O–H groups in total. The first kappa shape index (κ1) is 20.8. The summed E-state index contributed by atoms with van der Waals surface area (Å²) in [6, 6.07) is 0. The van der Waals surface area contributed by atoms with Gasteiger partial charge in [-0.1, -0.05) is 20.3 Å². The van der Waals surface area contributed by atoms with Crippen molar-refractivity contribution in [2.45, 2.75) is 45.6 Å². The smallest absolute Gasteiger partial charge is 0.298 e. The zero-order chi connectivity index (χ0) is 15.5. The summed E-state index contributed by atoms with van der Waals surface area (Å²) < 4.78 is 71.7. The second kappa shape index (κ2) is 10.3. The second-order valence-electron chi connectivity index (χ2n) is 4.00. The molecule has 0 bridgehead atoms. The molecule has 0 saturated carbocycles. The van der Waals surface area contributed by atoms with Gasteiger partial charge in [-0.15, -0.1) is 13.2 Å². The molecule has 0 heterocycles. The minimum atomic E-state index is -4.45. The van der Waals surface area contributed by atoms with Crippen molar-refractivity contribution in [1.82, 2.24) is 4.90 Å². The van der Waals surface area contributed by atoms with Crippen molar-refractivity contribution in [3.63, 3.8) is 0 Å². The Bertz CT molecular complexity index is 204. The van der Waals surface area contributed by atoms with Gasteiger partial charge in [-0.2, -0.15) is 13.2 Å². The predicted octanol–water partition coefficient (Wildman–Crippen LogP) is 4.21. The lowest BCUT2D eigenvalue weighted by molar-refractivity contribution is -0.324. The minimum absolute atomic E-state index is 0.222. The molecule has 8 heteroatoms. The lowest BCUT2D eigenvalue weighted by atomic mass is 10.4. The maximum atomic E-state index is 11.6. The summed E-state index contributed by atoms with van der Waals surface area (Å²) >= 11 is 0. The Labute approximate surface area is 109 Å². The Balaban J connectivity index is 0. The van der Waals surface area contributed by atoms with Crippen LogP contribution in [0.25, 0.3) is 0 Å². The molecule has 0 aliphatic carbocycles. The van der Waals surface area contributed by atoms with Crippen molar-refractivity contribution in [1.29, 1.82) is 0 Å². The van der Waals surface area contributed by atoms with Crippen molar-refractivity contribution >= 4 is 0 Å². The highest BCUT2D eigenvalue weighted by Crippen LogP contribution is 2.16. The standard InChI is InChI=1S/C6H12F3N.C5H9F3O/c1-3-4-10(2)5-6(7,8)9;1-2-3-4-9-5(6,7)8/h3-5H2,1-2H3;2-4H2,1H3. The van der Waals surface area contributed by atoms with E-state index in [1.165, 1.54) is 11.9 Å². The van der Waals surface area contributed by atoms with Gasteiger partial charge in [-0.25, -0.2) is 0 Å². The van der Waals surface area contributed by atoms with E-state index in [0.717, 1.165) is 12.8 Å². The highest BCUT2D eigenvalue weighted by Gasteiger charge is 2.28. The van der Waals surface area contributed by atoms with Crippen LogP contribution in [0.5, 0.6) is 0 Å². The lowest BCUT2D eigenvalue weighted by Crippen LogP contribution is -2.31. The molecule has 0 saturated heterocycles. The average molecular weight is 297 g/mol. The summed E-state index contributed by atoms with van der Waals surface area (Å²) in [5, 5.41) is 0. The van der Waals surface area contributed by atoms with Crippen LogP contribution >= 0.6 is 0 Å². The Morgan fingerprint density at radius 2 is 1.47 bits per heavy atom. The highest BCUT2D eigenvalue weighted by molar-refractivity contribution is 4.56. The molecule has 0 radical (unpaired) electrons. The molecule has 0 spiro atoms. The molecule has 19 heavy (non-hydrogen) atoms. The number of rotatable bonds is 6. The van der Waals surface area contributed by atoms with Crippen molar-refractivity contribution < 1.29 is 31.1 Å². The SMILES string of the molecule is CCCCOC(F)(F)F.CCCN(C)CC(F)(F)F. The molecule has 0 aromatic carbocycles. The second-order valence-corrected chi connectivity index (χ2v) is 4.00. The maximum Gasteiger partial charge on any atom is 0.522 e. The van der Waals surface area contributed by atoms with E-state index in [9.17, 15) is 26.3 Å². The molecule has 0 unspecified atom stereocenters. The van der Waals surface area contributed by atoms with Crippen LogP contribution in [0, 0.1) is 0 Å². The molecule has 0 aromatic heterocycles. The van der Waals surface area contributed by atoms with E-state index in [0.29, 0.717) is 13.0 Å². The Hall–Kier alpha value is -0.500. The third-order valence-electron chi connectivity index (χ3n) is 1.82. The summed E-state index contributed by atoms with van der Waals surface area (Å²) in [5.41, 5.74) is 0. The van der Waals surface area contributed by atoms with Gasteiger partial charge in [-0.05, 0) is 26.4 Å². The Kier molecular flexibility index (Phi) is 11.3. The van der Waals surface area contributed by atoms with E-state index in [1.807, 2.05) is 6.92 Å². The van der Waals surface area contributed by atoms with Crippen molar-refractivity contribution in [2.75, 3.05) is 26.7 Å². The minimum Gasteiger partial charge on any atom is -0.298 e. The topological polar surface area (TPSA) is 12.5 Å². The van der Waals surface area contributed by atoms with Gasteiger partial charge in [0.05, 0.1) is 13.2 Å². The van der Waals surface area contributed by atoms with E-state index >= 15 is 0 Å². The number of alkyl halides is 6. The summed E-state index contributed by atoms with van der Waals surface area (Å²) in [6.07, 6.45) is -6.57. The van der Waals surface area contributed by atoms with Crippen LogP contribution in [0.1, 0.15) is 33.1 Å². The highest BCUT2D eigenvalue weighted by atomic mass is 19.4. The lowest BCUT2D eigenvalue weighted by Gasteiger charge is -2.16. The Morgan fingerprint density at radius 1 is 0.947 bits per heavy atom. The van der Waals surface area contributed by atoms with Gasteiger partial charge in [0.15, 0.2) is 0 Å². The Morgan fingerprint density at radius 3 is 1.79 bits per heavy atom. The van der Waals surface area contributed by atoms with E-state index in [1.54, 1.807) is 6.92 Å². The van der Waals surface area contributed by atoms with Crippen LogP contribution in [-0.2, 0) is 4.74 Å². The van der Waals surface area contributed by atoms with E-state index in [-0.39, 0.29) is 6.61 Å². The summed E-state index contributed by atoms with van der Waals surface area (Å²) in [6.45, 7) is 3.13. The van der Waals surface area contributed by atoms with Crippen LogP contribution in [0.2, 0.25) is 0 Å². The third kappa shape index (κ3) is 23.1. The first-order chi connectivity index (χ1) is 8.52. The maximum absolute atomic E-state index is 11.6. The van der Waals surface area contributed by atoms with E-state index < -0.39 is 19.1 Å². The summed E-state index contributed by atoms with van der Waals surface area (Å²) in [7, 11) is 1.47.